The number of carboxylic acids is 1. The Bertz CT molecular complexity index is 488. The van der Waals surface area contributed by atoms with Crippen molar-refractivity contribution in [3.63, 3.8) is 0 Å². The Morgan fingerprint density at radius 2 is 2.17 bits per heavy atom. The van der Waals surface area contributed by atoms with Gasteiger partial charge in [0.2, 0.25) is 6.79 Å². The summed E-state index contributed by atoms with van der Waals surface area (Å²) in [5.74, 6) is 0.472. The normalized spacial score (nSPS) is 25.5. The van der Waals surface area contributed by atoms with Gasteiger partial charge in [-0.15, -0.1) is 0 Å². The van der Waals surface area contributed by atoms with E-state index >= 15 is 0 Å². The molecular weight excluding hydrogens is 234 g/mol. The fourth-order valence-corrected chi connectivity index (χ4v) is 2.70. The lowest BCUT2D eigenvalue weighted by molar-refractivity contribution is -0.141. The molecule has 96 valence electrons. The van der Waals surface area contributed by atoms with Gasteiger partial charge in [0.1, 0.15) is 0 Å². The molecule has 0 spiro atoms. The van der Waals surface area contributed by atoms with E-state index in [4.69, 9.17) is 14.6 Å². The molecule has 2 atom stereocenters. The number of hydrogen-bond acceptors (Lipinski definition) is 4. The molecule has 1 saturated heterocycles. The van der Waals surface area contributed by atoms with Gasteiger partial charge in [0.25, 0.3) is 0 Å². The van der Waals surface area contributed by atoms with Gasteiger partial charge in [0.15, 0.2) is 11.5 Å². The SMILES string of the molecule is CC1C(C(=O)O)CCN1c1ccc2c(c1)OCO2. The lowest BCUT2D eigenvalue weighted by atomic mass is 10.0. The maximum Gasteiger partial charge on any atom is 0.308 e. The number of rotatable bonds is 2. The van der Waals surface area contributed by atoms with Crippen LogP contribution in [0.15, 0.2) is 18.2 Å². The van der Waals surface area contributed by atoms with Crippen LogP contribution in [0.3, 0.4) is 0 Å². The van der Waals surface area contributed by atoms with Crippen molar-refractivity contribution in [2.45, 2.75) is 19.4 Å². The van der Waals surface area contributed by atoms with E-state index in [9.17, 15) is 4.79 Å². The number of hydrogen-bond donors (Lipinski definition) is 1. The third-order valence-corrected chi connectivity index (χ3v) is 3.76. The highest BCUT2D eigenvalue weighted by Crippen LogP contribution is 2.38. The van der Waals surface area contributed by atoms with E-state index in [0.29, 0.717) is 6.42 Å². The Labute approximate surface area is 105 Å². The second-order valence-corrected chi connectivity index (χ2v) is 4.70. The van der Waals surface area contributed by atoms with Crippen LogP contribution in [-0.2, 0) is 4.79 Å². The Kier molecular flexibility index (Phi) is 2.54. The zero-order valence-corrected chi connectivity index (χ0v) is 10.1. The molecule has 2 unspecified atom stereocenters. The average molecular weight is 249 g/mol. The molecule has 0 amide bonds. The van der Waals surface area contributed by atoms with Gasteiger partial charge >= 0.3 is 5.97 Å². The van der Waals surface area contributed by atoms with Crippen molar-refractivity contribution in [1.29, 1.82) is 0 Å². The van der Waals surface area contributed by atoms with Crippen LogP contribution < -0.4 is 14.4 Å². The molecular formula is C13H15NO4. The quantitative estimate of drug-likeness (QED) is 0.864. The van der Waals surface area contributed by atoms with Crippen LogP contribution >= 0.6 is 0 Å². The minimum Gasteiger partial charge on any atom is -0.481 e. The molecule has 18 heavy (non-hydrogen) atoms. The molecule has 2 aliphatic heterocycles. The molecule has 1 fully saturated rings. The highest BCUT2D eigenvalue weighted by atomic mass is 16.7. The predicted octanol–water partition coefficient (Wildman–Crippen LogP) is 1.71. The fourth-order valence-electron chi connectivity index (χ4n) is 2.70. The molecule has 0 saturated carbocycles. The van der Waals surface area contributed by atoms with Crippen LogP contribution in [0.25, 0.3) is 0 Å². The number of nitrogens with zero attached hydrogens (tertiary/aromatic N) is 1. The van der Waals surface area contributed by atoms with E-state index in [1.54, 1.807) is 0 Å². The Hall–Kier alpha value is -1.91. The fraction of sp³-hybridized carbons (Fsp3) is 0.462. The molecule has 0 aliphatic carbocycles. The molecule has 5 heteroatoms. The second-order valence-electron chi connectivity index (χ2n) is 4.70. The minimum atomic E-state index is -0.717. The van der Waals surface area contributed by atoms with Crippen molar-refractivity contribution in [2.75, 3.05) is 18.2 Å². The highest BCUT2D eigenvalue weighted by Gasteiger charge is 2.36. The standard InChI is InChI=1S/C13H15NO4/c1-8-10(13(15)16)4-5-14(8)9-2-3-11-12(6-9)18-7-17-11/h2-3,6,8,10H,4-5,7H2,1H3,(H,15,16). The molecule has 2 heterocycles. The van der Waals surface area contributed by atoms with Crippen LogP contribution in [-0.4, -0.2) is 30.5 Å². The third kappa shape index (κ3) is 1.66. The Morgan fingerprint density at radius 1 is 1.39 bits per heavy atom. The molecule has 2 aliphatic rings. The topological polar surface area (TPSA) is 59.0 Å². The number of benzene rings is 1. The zero-order valence-electron chi connectivity index (χ0n) is 10.1. The lowest BCUT2D eigenvalue weighted by Gasteiger charge is -2.25. The monoisotopic (exact) mass is 249 g/mol. The molecule has 5 nitrogen and oxygen atoms in total. The van der Waals surface area contributed by atoms with E-state index in [-0.39, 0.29) is 18.8 Å². The number of carboxylic acid groups (broad SMARTS) is 1. The van der Waals surface area contributed by atoms with Gasteiger partial charge in [-0.05, 0) is 25.5 Å². The first-order chi connectivity index (χ1) is 8.66. The summed E-state index contributed by atoms with van der Waals surface area (Å²) >= 11 is 0. The van der Waals surface area contributed by atoms with Crippen molar-refractivity contribution in [2.24, 2.45) is 5.92 Å². The summed E-state index contributed by atoms with van der Waals surface area (Å²) in [6.45, 7) is 2.97. The first kappa shape index (κ1) is 11.2. The summed E-state index contributed by atoms with van der Waals surface area (Å²) in [5, 5.41) is 9.13. The van der Waals surface area contributed by atoms with Gasteiger partial charge < -0.3 is 19.5 Å². The van der Waals surface area contributed by atoms with Gasteiger partial charge in [0.05, 0.1) is 5.92 Å². The minimum absolute atomic E-state index is 0.00266. The van der Waals surface area contributed by atoms with Crippen molar-refractivity contribution >= 4 is 11.7 Å². The summed E-state index contributed by atoms with van der Waals surface area (Å²) in [6.07, 6.45) is 0.685. The predicted molar refractivity (Wildman–Crippen MR) is 65.1 cm³/mol. The summed E-state index contributed by atoms with van der Waals surface area (Å²) < 4.78 is 10.6. The summed E-state index contributed by atoms with van der Waals surface area (Å²) in [4.78, 5) is 13.2. The average Bonchev–Trinajstić information content (AvgIpc) is 2.93. The van der Waals surface area contributed by atoms with Gasteiger partial charge in [0, 0.05) is 24.3 Å². The summed E-state index contributed by atoms with van der Waals surface area (Å²) in [7, 11) is 0. The smallest absolute Gasteiger partial charge is 0.308 e. The molecule has 1 aromatic carbocycles. The van der Waals surface area contributed by atoms with Crippen LogP contribution in [0.4, 0.5) is 5.69 Å². The van der Waals surface area contributed by atoms with Crippen molar-refractivity contribution < 1.29 is 19.4 Å². The molecule has 1 aromatic rings. The van der Waals surface area contributed by atoms with E-state index in [2.05, 4.69) is 4.90 Å². The Morgan fingerprint density at radius 3 is 2.89 bits per heavy atom. The number of carbonyl (C=O) groups is 1. The Balaban J connectivity index is 1.85. The highest BCUT2D eigenvalue weighted by molar-refractivity contribution is 5.73. The molecule has 3 rings (SSSR count). The second kappa shape index (κ2) is 4.08. The molecule has 0 bridgehead atoms. The van der Waals surface area contributed by atoms with Crippen LogP contribution in [0.1, 0.15) is 13.3 Å². The first-order valence-corrected chi connectivity index (χ1v) is 6.06. The van der Waals surface area contributed by atoms with Gasteiger partial charge in [-0.3, -0.25) is 4.79 Å². The van der Waals surface area contributed by atoms with E-state index in [1.165, 1.54) is 0 Å². The van der Waals surface area contributed by atoms with Gasteiger partial charge in [-0.25, -0.2) is 0 Å². The van der Waals surface area contributed by atoms with E-state index in [0.717, 1.165) is 23.7 Å². The number of anilines is 1. The van der Waals surface area contributed by atoms with Crippen molar-refractivity contribution in [3.05, 3.63) is 18.2 Å². The van der Waals surface area contributed by atoms with Crippen LogP contribution in [0.2, 0.25) is 0 Å². The number of fused-ring (bicyclic) bond motifs is 1. The third-order valence-electron chi connectivity index (χ3n) is 3.76. The van der Waals surface area contributed by atoms with E-state index < -0.39 is 5.97 Å². The van der Waals surface area contributed by atoms with Crippen LogP contribution in [0.5, 0.6) is 11.5 Å². The largest absolute Gasteiger partial charge is 0.481 e. The first-order valence-electron chi connectivity index (χ1n) is 6.06. The number of ether oxygens (including phenoxy) is 2. The maximum atomic E-state index is 11.1. The molecule has 0 aromatic heterocycles. The van der Waals surface area contributed by atoms with Gasteiger partial charge in [-0.2, -0.15) is 0 Å². The van der Waals surface area contributed by atoms with E-state index in [1.807, 2.05) is 25.1 Å². The van der Waals surface area contributed by atoms with Crippen LogP contribution in [0, 0.1) is 5.92 Å². The van der Waals surface area contributed by atoms with Crippen molar-refractivity contribution in [3.8, 4) is 11.5 Å². The zero-order chi connectivity index (χ0) is 12.7. The number of aliphatic carboxylic acids is 1. The summed E-state index contributed by atoms with van der Waals surface area (Å²) in [6, 6.07) is 5.75. The van der Waals surface area contributed by atoms with Crippen molar-refractivity contribution in [1.82, 2.24) is 0 Å². The van der Waals surface area contributed by atoms with Gasteiger partial charge in [-0.1, -0.05) is 0 Å². The molecule has 1 N–H and O–H groups in total. The lowest BCUT2D eigenvalue weighted by Crippen LogP contribution is -2.32. The summed E-state index contributed by atoms with van der Waals surface area (Å²) in [5.41, 5.74) is 0.996. The molecule has 0 radical (unpaired) electrons. The maximum absolute atomic E-state index is 11.1.